The Kier molecular flexibility index (Phi) is 6.36. The molecule has 2 aromatic rings. The minimum atomic E-state index is -0.723. The molecule has 24 heavy (non-hydrogen) atoms. The van der Waals surface area contributed by atoms with Gasteiger partial charge < -0.3 is 10.1 Å². The SMILES string of the molecule is COC(=O)[C@@H](Cc1ccccc1I)NC(=O)c1cc(C)cc(C)c1. The third-order valence-electron chi connectivity index (χ3n) is 3.66. The van der Waals surface area contributed by atoms with E-state index in [-0.39, 0.29) is 5.91 Å². The number of halogens is 1. The fraction of sp³-hybridized carbons (Fsp3) is 0.263. The van der Waals surface area contributed by atoms with E-state index in [0.717, 1.165) is 20.3 Å². The van der Waals surface area contributed by atoms with Gasteiger partial charge in [-0.3, -0.25) is 4.79 Å². The molecule has 1 amide bonds. The summed E-state index contributed by atoms with van der Waals surface area (Å²) >= 11 is 2.22. The molecular formula is C19H20INO3. The third-order valence-corrected chi connectivity index (χ3v) is 4.71. The molecule has 0 aliphatic carbocycles. The van der Waals surface area contributed by atoms with Gasteiger partial charge in [0.2, 0.25) is 0 Å². The van der Waals surface area contributed by atoms with Crippen molar-refractivity contribution in [3.8, 4) is 0 Å². The summed E-state index contributed by atoms with van der Waals surface area (Å²) in [5, 5.41) is 2.80. The fourth-order valence-electron chi connectivity index (χ4n) is 2.57. The second kappa shape index (κ2) is 8.28. The van der Waals surface area contributed by atoms with Crippen molar-refractivity contribution in [2.45, 2.75) is 26.3 Å². The first-order valence-electron chi connectivity index (χ1n) is 7.61. The Hall–Kier alpha value is -1.89. The summed E-state index contributed by atoms with van der Waals surface area (Å²) in [7, 11) is 1.33. The summed E-state index contributed by atoms with van der Waals surface area (Å²) in [6, 6.07) is 12.7. The second-order valence-electron chi connectivity index (χ2n) is 5.72. The molecule has 0 bridgehead atoms. The van der Waals surface area contributed by atoms with Crippen molar-refractivity contribution in [1.29, 1.82) is 0 Å². The topological polar surface area (TPSA) is 55.4 Å². The van der Waals surface area contributed by atoms with Gasteiger partial charge in [0.15, 0.2) is 0 Å². The van der Waals surface area contributed by atoms with Crippen LogP contribution in [0.25, 0.3) is 0 Å². The minimum Gasteiger partial charge on any atom is -0.467 e. The number of nitrogens with one attached hydrogen (secondary N) is 1. The van der Waals surface area contributed by atoms with Gasteiger partial charge in [-0.05, 0) is 60.2 Å². The largest absolute Gasteiger partial charge is 0.467 e. The number of methoxy groups -OCH3 is 1. The smallest absolute Gasteiger partial charge is 0.328 e. The zero-order valence-electron chi connectivity index (χ0n) is 13.9. The first-order valence-corrected chi connectivity index (χ1v) is 8.69. The summed E-state index contributed by atoms with van der Waals surface area (Å²) < 4.78 is 5.90. The van der Waals surface area contributed by atoms with Crippen molar-refractivity contribution < 1.29 is 14.3 Å². The van der Waals surface area contributed by atoms with Crippen LogP contribution in [-0.4, -0.2) is 25.0 Å². The highest BCUT2D eigenvalue weighted by Crippen LogP contribution is 2.15. The average Bonchev–Trinajstić information content (AvgIpc) is 2.54. The highest BCUT2D eigenvalue weighted by Gasteiger charge is 2.23. The van der Waals surface area contributed by atoms with E-state index in [1.54, 1.807) is 0 Å². The van der Waals surface area contributed by atoms with Crippen LogP contribution in [0.2, 0.25) is 0 Å². The van der Waals surface area contributed by atoms with Gasteiger partial charge in [0, 0.05) is 15.6 Å². The van der Waals surface area contributed by atoms with Crippen LogP contribution in [0.5, 0.6) is 0 Å². The highest BCUT2D eigenvalue weighted by molar-refractivity contribution is 14.1. The molecule has 0 aliphatic heterocycles. The Balaban J connectivity index is 2.21. The lowest BCUT2D eigenvalue weighted by Gasteiger charge is -2.18. The van der Waals surface area contributed by atoms with Crippen LogP contribution >= 0.6 is 22.6 Å². The zero-order valence-corrected chi connectivity index (χ0v) is 16.1. The number of carbonyl (C=O) groups is 2. The molecule has 0 spiro atoms. The maximum Gasteiger partial charge on any atom is 0.328 e. The molecule has 0 saturated heterocycles. The van der Waals surface area contributed by atoms with Crippen LogP contribution in [0.3, 0.4) is 0 Å². The normalized spacial score (nSPS) is 11.7. The van der Waals surface area contributed by atoms with E-state index in [0.29, 0.717) is 12.0 Å². The average molecular weight is 437 g/mol. The van der Waals surface area contributed by atoms with E-state index < -0.39 is 12.0 Å². The number of amides is 1. The monoisotopic (exact) mass is 437 g/mol. The summed E-state index contributed by atoms with van der Waals surface area (Å²) in [6.07, 6.45) is 0.391. The van der Waals surface area contributed by atoms with Crippen molar-refractivity contribution in [2.75, 3.05) is 7.11 Å². The summed E-state index contributed by atoms with van der Waals surface area (Å²) in [6.45, 7) is 3.88. The minimum absolute atomic E-state index is 0.275. The number of aryl methyl sites for hydroxylation is 2. The standard InChI is InChI=1S/C19H20INO3/c1-12-8-13(2)10-15(9-12)18(22)21-17(19(23)24-3)11-14-6-4-5-7-16(14)20/h4-10,17H,11H2,1-3H3,(H,21,22)/t17-/m1/s1. The van der Waals surface area contributed by atoms with Crippen LogP contribution < -0.4 is 5.32 Å². The number of ether oxygens (including phenoxy) is 1. The van der Waals surface area contributed by atoms with E-state index in [1.807, 2.05) is 56.3 Å². The lowest BCUT2D eigenvalue weighted by molar-refractivity contribution is -0.142. The molecular weight excluding hydrogens is 417 g/mol. The third kappa shape index (κ3) is 4.80. The Morgan fingerprint density at radius 3 is 2.33 bits per heavy atom. The van der Waals surface area contributed by atoms with Crippen molar-refractivity contribution in [3.63, 3.8) is 0 Å². The molecule has 0 saturated carbocycles. The lowest BCUT2D eigenvalue weighted by atomic mass is 10.0. The van der Waals surface area contributed by atoms with E-state index in [2.05, 4.69) is 27.9 Å². The van der Waals surface area contributed by atoms with Gasteiger partial charge in [0.25, 0.3) is 5.91 Å². The second-order valence-corrected chi connectivity index (χ2v) is 6.88. The van der Waals surface area contributed by atoms with Crippen molar-refractivity contribution >= 4 is 34.5 Å². The fourth-order valence-corrected chi connectivity index (χ4v) is 3.17. The van der Waals surface area contributed by atoms with Crippen molar-refractivity contribution in [3.05, 3.63) is 68.3 Å². The molecule has 0 aromatic heterocycles. The molecule has 2 rings (SSSR count). The van der Waals surface area contributed by atoms with E-state index in [1.165, 1.54) is 7.11 Å². The van der Waals surface area contributed by atoms with Gasteiger partial charge >= 0.3 is 5.97 Å². The van der Waals surface area contributed by atoms with Crippen LogP contribution in [0, 0.1) is 17.4 Å². The van der Waals surface area contributed by atoms with Gasteiger partial charge in [-0.15, -0.1) is 0 Å². The first kappa shape index (κ1) is 18.4. The molecule has 2 aromatic carbocycles. The predicted molar refractivity (Wildman–Crippen MR) is 102 cm³/mol. The number of hydrogen-bond acceptors (Lipinski definition) is 3. The van der Waals surface area contributed by atoms with Gasteiger partial charge in [0.1, 0.15) is 6.04 Å². The van der Waals surface area contributed by atoms with E-state index >= 15 is 0 Å². The van der Waals surface area contributed by atoms with Crippen molar-refractivity contribution in [2.24, 2.45) is 0 Å². The number of hydrogen-bond donors (Lipinski definition) is 1. The number of rotatable bonds is 5. The molecule has 0 fully saturated rings. The number of benzene rings is 2. The Labute approximate surface area is 155 Å². The summed E-state index contributed by atoms with van der Waals surface area (Å²) in [5.41, 5.74) is 3.55. The summed E-state index contributed by atoms with van der Waals surface area (Å²) in [5.74, 6) is -0.726. The highest BCUT2D eigenvalue weighted by atomic mass is 127. The quantitative estimate of drug-likeness (QED) is 0.576. The molecule has 4 nitrogen and oxygen atoms in total. The van der Waals surface area contributed by atoms with Crippen LogP contribution in [0.4, 0.5) is 0 Å². The Morgan fingerprint density at radius 1 is 1.12 bits per heavy atom. The van der Waals surface area contributed by atoms with Gasteiger partial charge in [0.05, 0.1) is 7.11 Å². The van der Waals surface area contributed by atoms with Crippen LogP contribution in [-0.2, 0) is 16.0 Å². The van der Waals surface area contributed by atoms with E-state index in [4.69, 9.17) is 4.74 Å². The van der Waals surface area contributed by atoms with Gasteiger partial charge in [-0.1, -0.05) is 35.4 Å². The maximum atomic E-state index is 12.5. The molecule has 0 radical (unpaired) electrons. The number of esters is 1. The Bertz CT molecular complexity index is 738. The molecule has 1 atom stereocenters. The molecule has 0 aliphatic rings. The molecule has 1 N–H and O–H groups in total. The molecule has 0 heterocycles. The first-order chi connectivity index (χ1) is 11.4. The van der Waals surface area contributed by atoms with Crippen molar-refractivity contribution in [1.82, 2.24) is 5.32 Å². The maximum absolute atomic E-state index is 12.5. The van der Waals surface area contributed by atoms with Crippen LogP contribution in [0.1, 0.15) is 27.0 Å². The molecule has 0 unspecified atom stereocenters. The lowest BCUT2D eigenvalue weighted by Crippen LogP contribution is -2.43. The zero-order chi connectivity index (χ0) is 17.7. The number of carbonyl (C=O) groups excluding carboxylic acids is 2. The van der Waals surface area contributed by atoms with Gasteiger partial charge in [-0.2, -0.15) is 0 Å². The molecule has 5 heteroatoms. The van der Waals surface area contributed by atoms with Gasteiger partial charge in [-0.25, -0.2) is 4.79 Å². The predicted octanol–water partition coefficient (Wildman–Crippen LogP) is 3.42. The Morgan fingerprint density at radius 2 is 1.75 bits per heavy atom. The molecule has 126 valence electrons. The van der Waals surface area contributed by atoms with Crippen LogP contribution in [0.15, 0.2) is 42.5 Å². The van der Waals surface area contributed by atoms with E-state index in [9.17, 15) is 9.59 Å². The summed E-state index contributed by atoms with van der Waals surface area (Å²) in [4.78, 5) is 24.6.